The second-order valence-corrected chi connectivity index (χ2v) is 7.31. The summed E-state index contributed by atoms with van der Waals surface area (Å²) >= 11 is 0. The van der Waals surface area contributed by atoms with Gasteiger partial charge in [-0.05, 0) is 6.07 Å². The molecule has 2 aromatic carbocycles. The van der Waals surface area contributed by atoms with Crippen molar-refractivity contribution in [1.82, 2.24) is 5.48 Å². The maximum Gasteiger partial charge on any atom is 0.204 e. The Morgan fingerprint density at radius 1 is 1.06 bits per heavy atom. The molecule has 0 bridgehead atoms. The maximum absolute atomic E-state index is 13.0. The Balaban J connectivity index is 1.74. The number of aliphatic hydroxyl groups excluding tert-OH is 2. The molecule has 0 amide bonds. The van der Waals surface area contributed by atoms with Crippen molar-refractivity contribution in [3.05, 3.63) is 34.0 Å². The zero-order chi connectivity index (χ0) is 22.1. The first-order valence-electron chi connectivity index (χ1n) is 9.14. The summed E-state index contributed by atoms with van der Waals surface area (Å²) in [5.74, 6) is -2.37. The number of phenols is 4. The number of hydroxylamine groups is 1. The fraction of sp³-hybridized carbons (Fsp3) is 0.316. The minimum absolute atomic E-state index is 0.0863. The molecular weight excluding hydrogens is 418 g/mol. The van der Waals surface area contributed by atoms with Crippen LogP contribution in [0.2, 0.25) is 0 Å². The number of hydrogen-bond acceptors (Lipinski definition) is 12. The Labute approximate surface area is 172 Å². The molecular formula is C19H17NO11. The highest BCUT2D eigenvalue weighted by atomic mass is 16.8. The average molecular weight is 435 g/mol. The lowest BCUT2D eigenvalue weighted by Crippen LogP contribution is -2.73. The zero-order valence-electron chi connectivity index (χ0n) is 15.6. The van der Waals surface area contributed by atoms with Gasteiger partial charge in [0, 0.05) is 12.1 Å². The summed E-state index contributed by atoms with van der Waals surface area (Å²) in [6.07, 6.45) is -4.16. The van der Waals surface area contributed by atoms with Crippen molar-refractivity contribution in [2.45, 2.75) is 24.2 Å². The van der Waals surface area contributed by atoms with Gasteiger partial charge in [0.25, 0.3) is 0 Å². The van der Waals surface area contributed by atoms with Crippen LogP contribution in [0.25, 0.3) is 21.9 Å². The van der Waals surface area contributed by atoms with Gasteiger partial charge in [0.1, 0.15) is 46.9 Å². The van der Waals surface area contributed by atoms with Crippen LogP contribution in [0.15, 0.2) is 27.4 Å². The Hall–Kier alpha value is -3.13. The molecule has 12 heteroatoms. The SMILES string of the molecule is O=c1c2cc(O)c(O)cc2oc2cc(O)c(C3OC(CO)OC4(CON4)C3O)c(O)c12. The standard InChI is InChI=1S/C19H17NO11/c21-4-12-30-17(18(27)19(31-12)5-28-20-19)13-9(24)3-11-14(16(13)26)15(25)6-1-7(22)8(23)2-10(6)29-11/h1-3,12,17-18,20-24,26-27H,4-5H2. The fourth-order valence-corrected chi connectivity index (χ4v) is 3.84. The summed E-state index contributed by atoms with van der Waals surface area (Å²) in [6.45, 7) is -0.702. The third kappa shape index (κ3) is 2.74. The Morgan fingerprint density at radius 3 is 2.39 bits per heavy atom. The number of rotatable bonds is 2. The van der Waals surface area contributed by atoms with E-state index in [0.717, 1.165) is 18.2 Å². The molecule has 0 aliphatic carbocycles. The Kier molecular flexibility index (Phi) is 4.27. The molecule has 3 heterocycles. The van der Waals surface area contributed by atoms with Gasteiger partial charge in [0.05, 0.1) is 17.6 Å². The lowest BCUT2D eigenvalue weighted by Gasteiger charge is -2.51. The molecule has 3 aromatic rings. The molecule has 7 N–H and O–H groups in total. The molecule has 1 spiro atoms. The minimum Gasteiger partial charge on any atom is -0.507 e. The van der Waals surface area contributed by atoms with Gasteiger partial charge in [0.2, 0.25) is 5.43 Å². The van der Waals surface area contributed by atoms with Crippen LogP contribution in [0, 0.1) is 0 Å². The summed E-state index contributed by atoms with van der Waals surface area (Å²) in [5, 5.41) is 60.6. The van der Waals surface area contributed by atoms with Crippen LogP contribution in [0.3, 0.4) is 0 Å². The van der Waals surface area contributed by atoms with Gasteiger partial charge in [-0.2, -0.15) is 5.48 Å². The van der Waals surface area contributed by atoms with Crippen LogP contribution < -0.4 is 10.9 Å². The van der Waals surface area contributed by atoms with Crippen molar-refractivity contribution in [3.63, 3.8) is 0 Å². The molecule has 4 unspecified atom stereocenters. The van der Waals surface area contributed by atoms with E-state index in [1.807, 2.05) is 0 Å². The quantitative estimate of drug-likeness (QED) is 0.207. The topological polar surface area (TPSA) is 191 Å². The number of hydrogen-bond donors (Lipinski definition) is 7. The van der Waals surface area contributed by atoms with Gasteiger partial charge in [-0.3, -0.25) is 9.63 Å². The van der Waals surface area contributed by atoms with E-state index >= 15 is 0 Å². The first kappa shape index (κ1) is 19.8. The smallest absolute Gasteiger partial charge is 0.204 e. The summed E-state index contributed by atoms with van der Waals surface area (Å²) < 4.78 is 16.5. The van der Waals surface area contributed by atoms with Crippen molar-refractivity contribution in [3.8, 4) is 23.0 Å². The second-order valence-electron chi connectivity index (χ2n) is 7.31. The molecule has 2 aliphatic heterocycles. The number of aliphatic hydroxyl groups is 2. The van der Waals surface area contributed by atoms with Crippen LogP contribution in [0.5, 0.6) is 23.0 Å². The molecule has 2 saturated heterocycles. The summed E-state index contributed by atoms with van der Waals surface area (Å²) in [4.78, 5) is 17.9. The molecule has 2 fully saturated rings. The van der Waals surface area contributed by atoms with Gasteiger partial charge in [0.15, 0.2) is 23.5 Å². The molecule has 164 valence electrons. The summed E-state index contributed by atoms with van der Waals surface area (Å²) in [7, 11) is 0. The van der Waals surface area contributed by atoms with Crippen LogP contribution in [0.4, 0.5) is 0 Å². The van der Waals surface area contributed by atoms with E-state index in [-0.39, 0.29) is 34.1 Å². The summed E-state index contributed by atoms with van der Waals surface area (Å²) in [6, 6.07) is 3.05. The van der Waals surface area contributed by atoms with Gasteiger partial charge < -0.3 is 44.5 Å². The second kappa shape index (κ2) is 6.68. The van der Waals surface area contributed by atoms with Crippen molar-refractivity contribution >= 4 is 21.9 Å². The predicted octanol–water partition coefficient (Wildman–Crippen LogP) is -0.233. The maximum atomic E-state index is 13.0. The van der Waals surface area contributed by atoms with Crippen molar-refractivity contribution < 1.29 is 49.4 Å². The molecule has 0 saturated carbocycles. The van der Waals surface area contributed by atoms with Gasteiger partial charge >= 0.3 is 0 Å². The molecule has 31 heavy (non-hydrogen) atoms. The molecule has 1 aromatic heterocycles. The van der Waals surface area contributed by atoms with E-state index in [4.69, 9.17) is 18.7 Å². The van der Waals surface area contributed by atoms with E-state index in [1.54, 1.807) is 0 Å². The minimum atomic E-state index is -1.51. The largest absolute Gasteiger partial charge is 0.507 e. The van der Waals surface area contributed by atoms with E-state index in [0.29, 0.717) is 0 Å². The van der Waals surface area contributed by atoms with Gasteiger partial charge in [-0.1, -0.05) is 0 Å². The Bertz CT molecular complexity index is 1270. The molecule has 5 rings (SSSR count). The molecule has 4 atom stereocenters. The highest BCUT2D eigenvalue weighted by molar-refractivity contribution is 5.96. The highest BCUT2D eigenvalue weighted by Gasteiger charge is 2.57. The molecule has 2 aliphatic rings. The van der Waals surface area contributed by atoms with Crippen LogP contribution in [-0.4, -0.2) is 62.0 Å². The van der Waals surface area contributed by atoms with Gasteiger partial charge in [-0.15, -0.1) is 0 Å². The number of fused-ring (bicyclic) bond motifs is 2. The number of benzene rings is 2. The van der Waals surface area contributed by atoms with Crippen LogP contribution >= 0.6 is 0 Å². The number of phenolic OH excluding ortho intramolecular Hbond substituents is 4. The lowest BCUT2D eigenvalue weighted by atomic mass is 9.91. The zero-order valence-corrected chi connectivity index (χ0v) is 15.6. The highest BCUT2D eigenvalue weighted by Crippen LogP contribution is 2.47. The predicted molar refractivity (Wildman–Crippen MR) is 100 cm³/mol. The van der Waals surface area contributed by atoms with E-state index in [9.17, 15) is 35.4 Å². The van der Waals surface area contributed by atoms with Crippen LogP contribution in [0.1, 0.15) is 11.7 Å². The Morgan fingerprint density at radius 2 is 1.74 bits per heavy atom. The number of ether oxygens (including phenoxy) is 2. The average Bonchev–Trinajstić information content (AvgIpc) is 2.69. The first-order chi connectivity index (χ1) is 14.8. The van der Waals surface area contributed by atoms with Crippen LogP contribution in [-0.2, 0) is 14.3 Å². The van der Waals surface area contributed by atoms with Crippen molar-refractivity contribution in [2.24, 2.45) is 0 Å². The van der Waals surface area contributed by atoms with E-state index in [2.05, 4.69) is 5.48 Å². The normalized spacial score (nSPS) is 28.3. The fourth-order valence-electron chi connectivity index (χ4n) is 3.84. The monoisotopic (exact) mass is 435 g/mol. The molecule has 0 radical (unpaired) electrons. The van der Waals surface area contributed by atoms with Gasteiger partial charge in [-0.25, -0.2) is 0 Å². The third-order valence-corrected chi connectivity index (χ3v) is 5.42. The number of aromatic hydroxyl groups is 4. The number of nitrogens with one attached hydrogen (secondary N) is 1. The van der Waals surface area contributed by atoms with Crippen molar-refractivity contribution in [2.75, 3.05) is 13.2 Å². The van der Waals surface area contributed by atoms with E-state index in [1.165, 1.54) is 0 Å². The third-order valence-electron chi connectivity index (χ3n) is 5.42. The van der Waals surface area contributed by atoms with E-state index < -0.39 is 59.3 Å². The first-order valence-corrected chi connectivity index (χ1v) is 9.14. The summed E-state index contributed by atoms with van der Waals surface area (Å²) in [5.41, 5.74) is -0.399. The lowest BCUT2D eigenvalue weighted by molar-refractivity contribution is -0.416. The van der Waals surface area contributed by atoms with Crippen molar-refractivity contribution in [1.29, 1.82) is 0 Å². The molecule has 12 nitrogen and oxygen atoms in total.